The van der Waals surface area contributed by atoms with Crippen molar-refractivity contribution in [3.05, 3.63) is 66.2 Å². The Hall–Kier alpha value is -1.80. The zero-order valence-corrected chi connectivity index (χ0v) is 13.7. The summed E-state index contributed by atoms with van der Waals surface area (Å²) in [5.74, 6) is 0.990. The lowest BCUT2D eigenvalue weighted by Gasteiger charge is -2.22. The summed E-state index contributed by atoms with van der Waals surface area (Å²) in [6.45, 7) is 8.64. The van der Waals surface area contributed by atoms with Crippen LogP contribution in [0.25, 0.3) is 16.9 Å². The number of benzene rings is 2. The fourth-order valence-corrected chi connectivity index (χ4v) is 2.97. The number of allylic oxidation sites excluding steroid dienone is 1. The van der Waals surface area contributed by atoms with Gasteiger partial charge in [0.15, 0.2) is 0 Å². The summed E-state index contributed by atoms with van der Waals surface area (Å²) in [5.41, 5.74) is 3.62. The van der Waals surface area contributed by atoms with Gasteiger partial charge < -0.3 is 4.43 Å². The lowest BCUT2D eigenvalue weighted by Crippen LogP contribution is -2.24. The second kappa shape index (κ2) is 6.10. The van der Waals surface area contributed by atoms with Crippen LogP contribution in [0.5, 0.6) is 0 Å². The Kier molecular flexibility index (Phi) is 4.45. The molecule has 0 spiro atoms. The molecule has 0 unspecified atom stereocenters. The summed E-state index contributed by atoms with van der Waals surface area (Å²) < 4.78 is 6.12. The van der Waals surface area contributed by atoms with Crippen LogP contribution in [-0.2, 0) is 4.43 Å². The minimum atomic E-state index is -1.57. The molecule has 0 aliphatic rings. The first-order valence-electron chi connectivity index (χ1n) is 7.01. The Labute approximate surface area is 123 Å². The van der Waals surface area contributed by atoms with Crippen molar-refractivity contribution in [1.82, 2.24) is 0 Å². The van der Waals surface area contributed by atoms with Gasteiger partial charge in [-0.3, -0.25) is 0 Å². The topological polar surface area (TPSA) is 9.23 Å². The number of hydrogen-bond donors (Lipinski definition) is 0. The van der Waals surface area contributed by atoms with Crippen molar-refractivity contribution in [3.63, 3.8) is 0 Å². The van der Waals surface area contributed by atoms with Crippen molar-refractivity contribution in [2.45, 2.75) is 26.6 Å². The molecule has 20 heavy (non-hydrogen) atoms. The highest BCUT2D eigenvalue weighted by Gasteiger charge is 2.18. The number of hydrogen-bond acceptors (Lipinski definition) is 1. The molecule has 0 atom stereocenters. The average molecular weight is 282 g/mol. The molecule has 0 fully saturated rings. The number of rotatable bonds is 4. The molecule has 2 rings (SSSR count). The molecule has 0 aromatic heterocycles. The summed E-state index contributed by atoms with van der Waals surface area (Å²) >= 11 is 0. The summed E-state index contributed by atoms with van der Waals surface area (Å²) in [4.78, 5) is 0. The molecule has 1 nitrogen and oxygen atoms in total. The summed E-state index contributed by atoms with van der Waals surface area (Å²) in [5, 5.41) is 0. The molecular formula is C18H22OSi. The van der Waals surface area contributed by atoms with Crippen LogP contribution in [-0.4, -0.2) is 8.32 Å². The molecule has 0 saturated carbocycles. The Balaban J connectivity index is 2.24. The van der Waals surface area contributed by atoms with Crippen molar-refractivity contribution in [3.8, 4) is 11.1 Å². The van der Waals surface area contributed by atoms with Crippen molar-refractivity contribution in [2.75, 3.05) is 0 Å². The maximum Gasteiger partial charge on any atom is 0.242 e. The second-order valence-electron chi connectivity index (χ2n) is 5.81. The van der Waals surface area contributed by atoms with Gasteiger partial charge in [0, 0.05) is 5.56 Å². The van der Waals surface area contributed by atoms with Gasteiger partial charge in [-0.1, -0.05) is 54.6 Å². The van der Waals surface area contributed by atoms with Crippen molar-refractivity contribution >= 4 is 14.1 Å². The smallest absolute Gasteiger partial charge is 0.242 e. The van der Waals surface area contributed by atoms with E-state index in [0.29, 0.717) is 0 Å². The standard InChI is InChI=1S/C18H22OSi/c1-5-18(19-20(2,3)4)17-13-11-16(12-14-17)15-9-7-6-8-10-15/h5-14H,1-4H3/b18-5+. The van der Waals surface area contributed by atoms with Gasteiger partial charge in [0.1, 0.15) is 5.76 Å². The minimum absolute atomic E-state index is 0.990. The van der Waals surface area contributed by atoms with Crippen molar-refractivity contribution < 1.29 is 4.43 Å². The maximum atomic E-state index is 6.12. The second-order valence-corrected chi connectivity index (χ2v) is 10.2. The molecule has 0 N–H and O–H groups in total. The highest BCUT2D eigenvalue weighted by molar-refractivity contribution is 6.70. The molecule has 0 bridgehead atoms. The Bertz CT molecular complexity index is 577. The maximum absolute atomic E-state index is 6.12. The van der Waals surface area contributed by atoms with Gasteiger partial charge in [-0.15, -0.1) is 0 Å². The van der Waals surface area contributed by atoms with Crippen LogP contribution in [0.3, 0.4) is 0 Å². The van der Waals surface area contributed by atoms with Crippen LogP contribution < -0.4 is 0 Å². The molecule has 2 heteroatoms. The van der Waals surface area contributed by atoms with Gasteiger partial charge in [-0.05, 0) is 43.8 Å². The fraction of sp³-hybridized carbons (Fsp3) is 0.222. The molecule has 104 valence electrons. The van der Waals surface area contributed by atoms with Crippen molar-refractivity contribution in [1.29, 1.82) is 0 Å². The summed E-state index contributed by atoms with van der Waals surface area (Å²) in [6.07, 6.45) is 2.05. The van der Waals surface area contributed by atoms with E-state index in [1.165, 1.54) is 11.1 Å². The van der Waals surface area contributed by atoms with Crippen LogP contribution >= 0.6 is 0 Å². The van der Waals surface area contributed by atoms with Crippen molar-refractivity contribution in [2.24, 2.45) is 0 Å². The molecular weight excluding hydrogens is 260 g/mol. The zero-order valence-electron chi connectivity index (χ0n) is 12.7. The third kappa shape index (κ3) is 3.84. The highest BCUT2D eigenvalue weighted by atomic mass is 28.4. The average Bonchev–Trinajstić information content (AvgIpc) is 2.45. The summed E-state index contributed by atoms with van der Waals surface area (Å²) in [7, 11) is -1.57. The third-order valence-electron chi connectivity index (χ3n) is 2.95. The largest absolute Gasteiger partial charge is 0.544 e. The molecule has 0 saturated heterocycles. The van der Waals surface area contributed by atoms with E-state index in [2.05, 4.69) is 74.2 Å². The molecule has 0 heterocycles. The summed E-state index contributed by atoms with van der Waals surface area (Å²) in [6, 6.07) is 19.0. The monoisotopic (exact) mass is 282 g/mol. The predicted molar refractivity (Wildman–Crippen MR) is 90.0 cm³/mol. The van der Waals surface area contributed by atoms with E-state index in [1.807, 2.05) is 13.0 Å². The minimum Gasteiger partial charge on any atom is -0.544 e. The van der Waals surface area contributed by atoms with Crippen LogP contribution in [0.15, 0.2) is 60.7 Å². The van der Waals surface area contributed by atoms with Gasteiger partial charge in [0.25, 0.3) is 0 Å². The SMILES string of the molecule is C/C=C(/O[Si](C)(C)C)c1ccc(-c2ccccc2)cc1. The van der Waals surface area contributed by atoms with Gasteiger partial charge in [-0.2, -0.15) is 0 Å². The molecule has 0 aliphatic heterocycles. The third-order valence-corrected chi connectivity index (χ3v) is 3.79. The zero-order chi connectivity index (χ0) is 14.6. The van der Waals surface area contributed by atoms with Crippen LogP contribution in [0.1, 0.15) is 12.5 Å². The first kappa shape index (κ1) is 14.6. The molecule has 2 aromatic rings. The van der Waals surface area contributed by atoms with Gasteiger partial charge in [0.05, 0.1) is 0 Å². The highest BCUT2D eigenvalue weighted by Crippen LogP contribution is 2.25. The first-order chi connectivity index (χ1) is 9.49. The first-order valence-corrected chi connectivity index (χ1v) is 10.4. The molecule has 0 radical (unpaired) electrons. The molecule has 0 amide bonds. The quantitative estimate of drug-likeness (QED) is 0.526. The van der Waals surface area contributed by atoms with E-state index in [4.69, 9.17) is 4.43 Å². The molecule has 0 aliphatic carbocycles. The van der Waals surface area contributed by atoms with Crippen LogP contribution in [0, 0.1) is 0 Å². The van der Waals surface area contributed by atoms with E-state index < -0.39 is 8.32 Å². The van der Waals surface area contributed by atoms with E-state index >= 15 is 0 Å². The fourth-order valence-electron chi connectivity index (χ4n) is 2.07. The lowest BCUT2D eigenvalue weighted by atomic mass is 10.0. The predicted octanol–water partition coefficient (Wildman–Crippen LogP) is 5.57. The van der Waals surface area contributed by atoms with Crippen LogP contribution in [0.4, 0.5) is 0 Å². The van der Waals surface area contributed by atoms with Gasteiger partial charge in [0.2, 0.25) is 8.32 Å². The van der Waals surface area contributed by atoms with Gasteiger partial charge >= 0.3 is 0 Å². The van der Waals surface area contributed by atoms with Gasteiger partial charge in [-0.25, -0.2) is 0 Å². The van der Waals surface area contributed by atoms with E-state index in [1.54, 1.807) is 0 Å². The normalized spacial score (nSPS) is 12.3. The van der Waals surface area contributed by atoms with E-state index in [0.717, 1.165) is 11.3 Å². The Morgan fingerprint density at radius 1 is 0.850 bits per heavy atom. The molecule has 2 aromatic carbocycles. The van der Waals surface area contributed by atoms with Crippen LogP contribution in [0.2, 0.25) is 19.6 Å². The van der Waals surface area contributed by atoms with E-state index in [9.17, 15) is 0 Å². The van der Waals surface area contributed by atoms with E-state index in [-0.39, 0.29) is 0 Å². The Morgan fingerprint density at radius 3 is 1.90 bits per heavy atom. The lowest BCUT2D eigenvalue weighted by molar-refractivity contribution is 0.513. The Morgan fingerprint density at radius 2 is 1.40 bits per heavy atom.